The van der Waals surface area contributed by atoms with Crippen molar-refractivity contribution in [1.82, 2.24) is 4.90 Å². The van der Waals surface area contributed by atoms with E-state index in [0.29, 0.717) is 17.4 Å². The maximum absolute atomic E-state index is 13.5. The third kappa shape index (κ3) is 6.55. The third-order valence-corrected chi connectivity index (χ3v) is 10.3. The lowest BCUT2D eigenvalue weighted by Gasteiger charge is -2.19. The maximum atomic E-state index is 13.5. The zero-order chi connectivity index (χ0) is 23.5. The Hall–Kier alpha value is -0.950. The van der Waals surface area contributed by atoms with Crippen molar-refractivity contribution in [3.63, 3.8) is 0 Å². The molecule has 32 heavy (non-hydrogen) atoms. The Bertz CT molecular complexity index is 1040. The summed E-state index contributed by atoms with van der Waals surface area (Å²) in [5.41, 5.74) is -0.910. The number of halogens is 4. The molecule has 0 bridgehead atoms. The first-order valence-corrected chi connectivity index (χ1v) is 14.1. The molecule has 1 saturated heterocycles. The molecule has 1 atom stereocenters. The summed E-state index contributed by atoms with van der Waals surface area (Å²) in [5, 5.41) is 0. The van der Waals surface area contributed by atoms with Gasteiger partial charge in [0.15, 0.2) is 0 Å². The van der Waals surface area contributed by atoms with Crippen LogP contribution in [-0.2, 0) is 16.2 Å². The predicted molar refractivity (Wildman–Crippen MR) is 126 cm³/mol. The van der Waals surface area contributed by atoms with Gasteiger partial charge in [0, 0.05) is 23.6 Å². The van der Waals surface area contributed by atoms with Gasteiger partial charge in [0.2, 0.25) is 0 Å². The summed E-state index contributed by atoms with van der Waals surface area (Å²) >= 11 is 6.09. The highest BCUT2D eigenvalue weighted by atomic mass is 79.9. The highest BCUT2D eigenvalue weighted by molar-refractivity contribution is 9.10. The molecule has 3 rings (SSSR count). The van der Waals surface area contributed by atoms with E-state index in [1.807, 2.05) is 11.9 Å². The van der Waals surface area contributed by atoms with Crippen LogP contribution in [0.2, 0.25) is 0 Å². The van der Waals surface area contributed by atoms with Crippen LogP contribution in [0.5, 0.6) is 5.75 Å². The van der Waals surface area contributed by atoms with Crippen LogP contribution in [-0.4, -0.2) is 45.3 Å². The summed E-state index contributed by atoms with van der Waals surface area (Å²) in [6.07, 6.45) is -2.34. The van der Waals surface area contributed by atoms with Gasteiger partial charge in [-0.15, -0.1) is 23.1 Å². The van der Waals surface area contributed by atoms with E-state index in [1.54, 1.807) is 11.8 Å². The number of likely N-dealkylation sites (N-methyl/N-ethyl adjacent to an activating group) is 1. The van der Waals surface area contributed by atoms with Crippen molar-refractivity contribution < 1.29 is 26.3 Å². The SMILES string of the molecule is CCCCSc1sc(S(=O)(=O)Nc2ccc(C(F)(F)F)c(OC3CCN(C)C3)c2)cc1Br. The second-order valence-electron chi connectivity index (χ2n) is 7.51. The Labute approximate surface area is 202 Å². The lowest BCUT2D eigenvalue weighted by atomic mass is 10.1. The fraction of sp³-hybridized carbons (Fsp3) is 0.500. The molecule has 0 amide bonds. The maximum Gasteiger partial charge on any atom is 0.419 e. The van der Waals surface area contributed by atoms with Gasteiger partial charge in [-0.1, -0.05) is 13.3 Å². The third-order valence-electron chi connectivity index (χ3n) is 4.81. The summed E-state index contributed by atoms with van der Waals surface area (Å²) in [4.78, 5) is 1.97. The Kier molecular flexibility index (Phi) is 8.46. The van der Waals surface area contributed by atoms with Crippen molar-refractivity contribution in [2.24, 2.45) is 0 Å². The summed E-state index contributed by atoms with van der Waals surface area (Å²) in [7, 11) is -2.10. The first-order valence-electron chi connectivity index (χ1n) is 10.0. The van der Waals surface area contributed by atoms with Crippen molar-refractivity contribution in [1.29, 1.82) is 0 Å². The molecular weight excluding hydrogens is 549 g/mol. The molecule has 1 N–H and O–H groups in total. The largest absolute Gasteiger partial charge is 0.488 e. The number of nitrogens with zero attached hydrogens (tertiary/aromatic N) is 1. The minimum absolute atomic E-state index is 0.0176. The van der Waals surface area contributed by atoms with Gasteiger partial charge in [-0.3, -0.25) is 4.72 Å². The number of thiophene rings is 1. The number of hydrogen-bond donors (Lipinski definition) is 1. The first kappa shape index (κ1) is 25.7. The molecule has 12 heteroatoms. The van der Waals surface area contributed by atoms with Gasteiger partial charge in [-0.05, 0) is 59.8 Å². The van der Waals surface area contributed by atoms with Gasteiger partial charge in [-0.2, -0.15) is 13.2 Å². The Morgan fingerprint density at radius 2 is 2.09 bits per heavy atom. The molecule has 178 valence electrons. The molecule has 5 nitrogen and oxygen atoms in total. The molecule has 1 fully saturated rings. The van der Waals surface area contributed by atoms with Gasteiger partial charge in [0.1, 0.15) is 16.1 Å². The molecule has 1 aromatic carbocycles. The van der Waals surface area contributed by atoms with Gasteiger partial charge in [0.25, 0.3) is 10.0 Å². The molecule has 0 spiro atoms. The standard InChI is InChI=1S/C20H24BrF3N2O3S3/c1-3-4-9-30-19-16(21)11-18(31-19)32(27,28)25-13-5-6-15(20(22,23)24)17(10-13)29-14-7-8-26(2)12-14/h5-6,10-11,14,25H,3-4,7-9,12H2,1-2H3. The quantitative estimate of drug-likeness (QED) is 0.282. The van der Waals surface area contributed by atoms with E-state index in [2.05, 4.69) is 27.6 Å². The lowest BCUT2D eigenvalue weighted by Crippen LogP contribution is -2.23. The minimum Gasteiger partial charge on any atom is -0.488 e. The Morgan fingerprint density at radius 1 is 1.34 bits per heavy atom. The second-order valence-corrected chi connectivity index (χ2v) is 12.7. The molecular formula is C20H24BrF3N2O3S3. The van der Waals surface area contributed by atoms with Crippen molar-refractivity contribution in [3.8, 4) is 5.75 Å². The fourth-order valence-corrected chi connectivity index (χ4v) is 8.15. The normalized spacial score (nSPS) is 17.6. The van der Waals surface area contributed by atoms with Crippen LogP contribution in [0.15, 0.2) is 37.2 Å². The number of nitrogens with one attached hydrogen (secondary N) is 1. The van der Waals surface area contributed by atoms with E-state index in [-0.39, 0.29) is 21.8 Å². The predicted octanol–water partition coefficient (Wildman–Crippen LogP) is 6.31. The van der Waals surface area contributed by atoms with Crippen LogP contribution in [0.4, 0.5) is 18.9 Å². The molecule has 0 saturated carbocycles. The van der Waals surface area contributed by atoms with E-state index in [9.17, 15) is 21.6 Å². The summed E-state index contributed by atoms with van der Waals surface area (Å²) in [6.45, 7) is 3.32. The monoisotopic (exact) mass is 572 g/mol. The van der Waals surface area contributed by atoms with Crippen LogP contribution in [0.3, 0.4) is 0 Å². The minimum atomic E-state index is -4.61. The molecule has 1 aliphatic heterocycles. The molecule has 1 unspecified atom stereocenters. The average Bonchev–Trinajstić information content (AvgIpc) is 3.27. The molecule has 1 aromatic heterocycles. The first-order chi connectivity index (χ1) is 15.0. The molecule has 1 aliphatic rings. The Morgan fingerprint density at radius 3 is 2.72 bits per heavy atom. The molecule has 2 heterocycles. The van der Waals surface area contributed by atoms with Crippen LogP contribution >= 0.6 is 39.0 Å². The highest BCUT2D eigenvalue weighted by Crippen LogP contribution is 2.41. The van der Waals surface area contributed by atoms with Crippen LogP contribution < -0.4 is 9.46 Å². The fourth-order valence-electron chi connectivity index (χ4n) is 3.17. The number of hydrogen-bond acceptors (Lipinski definition) is 6. The average molecular weight is 574 g/mol. The second kappa shape index (κ2) is 10.5. The summed E-state index contributed by atoms with van der Waals surface area (Å²) in [5.74, 6) is 0.500. The number of alkyl halides is 3. The van der Waals surface area contributed by atoms with Crippen LogP contribution in [0.1, 0.15) is 31.7 Å². The zero-order valence-corrected chi connectivity index (χ0v) is 21.6. The topological polar surface area (TPSA) is 58.6 Å². The van der Waals surface area contributed by atoms with Gasteiger partial charge in [-0.25, -0.2) is 8.42 Å². The zero-order valence-electron chi connectivity index (χ0n) is 17.5. The van der Waals surface area contributed by atoms with Gasteiger partial charge < -0.3 is 9.64 Å². The number of rotatable bonds is 9. The number of unbranched alkanes of at least 4 members (excludes halogenated alkanes) is 1. The van der Waals surface area contributed by atoms with Gasteiger partial charge >= 0.3 is 6.18 Å². The molecule has 0 radical (unpaired) electrons. The van der Waals surface area contributed by atoms with Gasteiger partial charge in [0.05, 0.1) is 15.5 Å². The number of likely N-dealkylation sites (tertiary alicyclic amines) is 1. The van der Waals surface area contributed by atoms with Crippen molar-refractivity contribution in [3.05, 3.63) is 34.3 Å². The summed E-state index contributed by atoms with van der Waals surface area (Å²) in [6, 6.07) is 4.57. The number of thioether (sulfide) groups is 1. The van der Waals surface area contributed by atoms with Crippen LogP contribution in [0.25, 0.3) is 0 Å². The number of benzene rings is 1. The van der Waals surface area contributed by atoms with E-state index in [4.69, 9.17) is 4.74 Å². The number of ether oxygens (including phenoxy) is 1. The van der Waals surface area contributed by atoms with Crippen LogP contribution in [0, 0.1) is 0 Å². The summed E-state index contributed by atoms with van der Waals surface area (Å²) < 4.78 is 75.8. The lowest BCUT2D eigenvalue weighted by molar-refractivity contribution is -0.139. The van der Waals surface area contributed by atoms with E-state index in [0.717, 1.165) is 58.9 Å². The van der Waals surface area contributed by atoms with Crippen molar-refractivity contribution >= 4 is 54.7 Å². The number of anilines is 1. The van der Waals surface area contributed by atoms with Crippen molar-refractivity contribution in [2.45, 2.75) is 46.9 Å². The number of sulfonamides is 1. The molecule has 2 aromatic rings. The molecule has 0 aliphatic carbocycles. The Balaban J connectivity index is 1.83. The smallest absolute Gasteiger partial charge is 0.419 e. The van der Waals surface area contributed by atoms with Crippen molar-refractivity contribution in [2.75, 3.05) is 30.6 Å². The highest BCUT2D eigenvalue weighted by Gasteiger charge is 2.36. The van der Waals surface area contributed by atoms with E-state index in [1.165, 1.54) is 6.07 Å². The van der Waals surface area contributed by atoms with E-state index >= 15 is 0 Å². The van der Waals surface area contributed by atoms with E-state index < -0.39 is 21.8 Å².